The number of benzene rings is 6. The molecular weight excluding hydrogens is 739 g/mol. The molecule has 4 heteroatoms. The minimum atomic E-state index is -0.0299. The smallest absolute Gasteiger partial charge is 0.252 e. The first-order chi connectivity index (χ1) is 28.7. The van der Waals surface area contributed by atoms with Crippen LogP contribution >= 0.6 is 0 Å². The van der Waals surface area contributed by atoms with E-state index in [1.165, 1.54) is 104 Å². The lowest BCUT2D eigenvalue weighted by atomic mass is 9.33. The lowest BCUT2D eigenvalue weighted by Gasteiger charge is -2.48. The zero-order valence-electron chi connectivity index (χ0n) is 38.5. The van der Waals surface area contributed by atoms with Gasteiger partial charge >= 0.3 is 0 Å². The van der Waals surface area contributed by atoms with Gasteiger partial charge in [-0.25, -0.2) is 0 Å². The Morgan fingerprint density at radius 2 is 1.10 bits per heavy atom. The van der Waals surface area contributed by atoms with Gasteiger partial charge in [-0.2, -0.15) is 0 Å². The van der Waals surface area contributed by atoms with E-state index < -0.39 is 0 Å². The molecule has 0 saturated heterocycles. The molecule has 0 spiro atoms. The van der Waals surface area contributed by atoms with E-state index in [1.54, 1.807) is 0 Å². The van der Waals surface area contributed by atoms with Crippen molar-refractivity contribution in [3.05, 3.63) is 137 Å². The van der Waals surface area contributed by atoms with E-state index in [4.69, 9.17) is 4.42 Å². The highest BCUT2D eigenvalue weighted by molar-refractivity contribution is 7.00. The van der Waals surface area contributed by atoms with Gasteiger partial charge in [0.1, 0.15) is 11.2 Å². The number of anilines is 6. The summed E-state index contributed by atoms with van der Waals surface area (Å²) in [5, 5.41) is 2.30. The molecule has 2 aliphatic carbocycles. The van der Waals surface area contributed by atoms with Gasteiger partial charge in [-0.1, -0.05) is 125 Å². The second-order valence-electron chi connectivity index (χ2n) is 22.8. The molecule has 0 atom stereocenters. The molecule has 6 aromatic carbocycles. The van der Waals surface area contributed by atoms with E-state index in [0.717, 1.165) is 27.6 Å². The molecule has 0 radical (unpaired) electrons. The Labute approximate surface area is 364 Å². The third kappa shape index (κ3) is 5.55. The number of furan rings is 1. The lowest BCUT2D eigenvalue weighted by molar-refractivity contribution is 0.332. The number of rotatable bonds is 2. The Morgan fingerprint density at radius 1 is 0.508 bits per heavy atom. The Bertz CT molecular complexity index is 3010. The van der Waals surface area contributed by atoms with E-state index in [0.29, 0.717) is 0 Å². The molecule has 0 amide bonds. The van der Waals surface area contributed by atoms with E-state index in [2.05, 4.69) is 196 Å². The maximum atomic E-state index is 6.59. The standard InChI is InChI=1S/C57H61BN2O/c1-34-28-47-52-48(29-34)60(44-17-15-19-50-51(44)37-16-13-14-18-49(37)61-50)45-30-35(53(2,3)4)20-23-42(45)58(52)43-32-40-41(57(11,12)27-26-56(40,9)10)33-46(43)59(47)36-21-22-38-39(31-36)55(7,8)25-24-54(38,5)6/h13-23,28-33H,24-27H2,1-12H3. The summed E-state index contributed by atoms with van der Waals surface area (Å²) >= 11 is 0. The summed E-state index contributed by atoms with van der Waals surface area (Å²) in [5.74, 6) is 0. The zero-order chi connectivity index (χ0) is 42.8. The van der Waals surface area contributed by atoms with Gasteiger partial charge in [-0.05, 0) is 164 Å². The molecule has 3 heterocycles. The quantitative estimate of drug-likeness (QED) is 0.162. The van der Waals surface area contributed by atoms with E-state index in [1.807, 2.05) is 0 Å². The summed E-state index contributed by atoms with van der Waals surface area (Å²) in [6.07, 6.45) is 4.74. The van der Waals surface area contributed by atoms with Crippen LogP contribution in [0.15, 0.2) is 108 Å². The average molecular weight is 801 g/mol. The van der Waals surface area contributed by atoms with E-state index in [-0.39, 0.29) is 33.8 Å². The summed E-state index contributed by atoms with van der Waals surface area (Å²) in [7, 11) is 0. The fraction of sp³-hybridized carbons (Fsp3) is 0.368. The highest BCUT2D eigenvalue weighted by Crippen LogP contribution is 2.53. The summed E-state index contributed by atoms with van der Waals surface area (Å²) < 4.78 is 6.59. The van der Waals surface area contributed by atoms with E-state index in [9.17, 15) is 0 Å². The first-order valence-corrected chi connectivity index (χ1v) is 22.9. The van der Waals surface area contributed by atoms with Gasteiger partial charge in [0.25, 0.3) is 6.71 Å². The second kappa shape index (κ2) is 12.5. The number of hydrogen-bond acceptors (Lipinski definition) is 3. The van der Waals surface area contributed by atoms with Crippen molar-refractivity contribution >= 4 is 79.2 Å². The van der Waals surface area contributed by atoms with Crippen molar-refractivity contribution in [1.82, 2.24) is 0 Å². The van der Waals surface area contributed by atoms with Crippen LogP contribution in [0.4, 0.5) is 34.1 Å². The van der Waals surface area contributed by atoms with Crippen molar-refractivity contribution in [2.75, 3.05) is 9.80 Å². The van der Waals surface area contributed by atoms with Crippen LogP contribution in [0.5, 0.6) is 0 Å². The van der Waals surface area contributed by atoms with Crippen molar-refractivity contribution in [2.45, 2.75) is 136 Å². The van der Waals surface area contributed by atoms with Crippen LogP contribution in [-0.4, -0.2) is 6.71 Å². The van der Waals surface area contributed by atoms with Crippen LogP contribution in [0.25, 0.3) is 21.9 Å². The molecule has 7 aromatic rings. The predicted molar refractivity (Wildman–Crippen MR) is 262 cm³/mol. The number of nitrogens with zero attached hydrogens (tertiary/aromatic N) is 2. The lowest BCUT2D eigenvalue weighted by Crippen LogP contribution is -2.62. The van der Waals surface area contributed by atoms with Crippen LogP contribution in [0, 0.1) is 6.92 Å². The normalized spacial score (nSPS) is 19.0. The molecule has 11 rings (SSSR count). The molecule has 0 fully saturated rings. The van der Waals surface area contributed by atoms with Crippen LogP contribution in [-0.2, 0) is 27.1 Å². The number of hydrogen-bond donors (Lipinski definition) is 0. The Morgan fingerprint density at radius 3 is 1.79 bits per heavy atom. The van der Waals surface area contributed by atoms with Crippen molar-refractivity contribution in [3.63, 3.8) is 0 Å². The van der Waals surface area contributed by atoms with E-state index >= 15 is 0 Å². The van der Waals surface area contributed by atoms with Gasteiger partial charge in [0.15, 0.2) is 0 Å². The first-order valence-electron chi connectivity index (χ1n) is 22.9. The molecule has 0 N–H and O–H groups in total. The molecule has 4 aliphatic rings. The molecule has 61 heavy (non-hydrogen) atoms. The van der Waals surface area contributed by atoms with Crippen molar-refractivity contribution in [3.8, 4) is 0 Å². The summed E-state index contributed by atoms with van der Waals surface area (Å²) in [5.41, 5.74) is 22.5. The molecule has 0 unspecified atom stereocenters. The van der Waals surface area contributed by atoms with Gasteiger partial charge < -0.3 is 14.2 Å². The maximum absolute atomic E-state index is 6.59. The minimum absolute atomic E-state index is 0.0299. The summed E-state index contributed by atoms with van der Waals surface area (Å²) in [6.45, 7) is 29.1. The van der Waals surface area contributed by atoms with Gasteiger partial charge in [-0.3, -0.25) is 0 Å². The molecule has 1 aromatic heterocycles. The monoisotopic (exact) mass is 800 g/mol. The third-order valence-corrected chi connectivity index (χ3v) is 15.8. The Hall–Kier alpha value is -5.22. The maximum Gasteiger partial charge on any atom is 0.252 e. The fourth-order valence-electron chi connectivity index (χ4n) is 11.9. The van der Waals surface area contributed by atoms with Gasteiger partial charge in [-0.15, -0.1) is 0 Å². The third-order valence-electron chi connectivity index (χ3n) is 15.8. The van der Waals surface area contributed by atoms with Gasteiger partial charge in [0.2, 0.25) is 0 Å². The van der Waals surface area contributed by atoms with Crippen molar-refractivity contribution in [1.29, 1.82) is 0 Å². The largest absolute Gasteiger partial charge is 0.456 e. The van der Waals surface area contributed by atoms with Crippen LogP contribution < -0.4 is 26.2 Å². The minimum Gasteiger partial charge on any atom is -0.456 e. The fourth-order valence-corrected chi connectivity index (χ4v) is 11.9. The van der Waals surface area contributed by atoms with Crippen LogP contribution in [0.1, 0.15) is 135 Å². The van der Waals surface area contributed by atoms with Crippen LogP contribution in [0.3, 0.4) is 0 Å². The van der Waals surface area contributed by atoms with Crippen LogP contribution in [0.2, 0.25) is 0 Å². The van der Waals surface area contributed by atoms with Gasteiger partial charge in [0, 0.05) is 33.8 Å². The molecule has 0 saturated carbocycles. The Kier molecular flexibility index (Phi) is 7.90. The topological polar surface area (TPSA) is 19.6 Å². The van der Waals surface area contributed by atoms with Crippen molar-refractivity contribution < 1.29 is 4.42 Å². The SMILES string of the molecule is Cc1cc2c3c(c1)N(c1cccc4oc5ccccc5c14)c1cc(C(C)(C)C)ccc1B3c1cc3c(cc1N2c1ccc2c(c1)C(C)(C)CCC2(C)C)C(C)(C)CCC3(C)C. The molecule has 3 nitrogen and oxygen atoms in total. The summed E-state index contributed by atoms with van der Waals surface area (Å²) in [6, 6.07) is 40.3. The molecule has 2 aliphatic heterocycles. The molecule has 0 bridgehead atoms. The first kappa shape index (κ1) is 38.7. The zero-order valence-corrected chi connectivity index (χ0v) is 38.5. The number of fused-ring (bicyclic) bond motifs is 9. The highest BCUT2D eigenvalue weighted by atomic mass is 16.3. The van der Waals surface area contributed by atoms with Crippen molar-refractivity contribution in [2.24, 2.45) is 0 Å². The molecular formula is C57H61BN2O. The summed E-state index contributed by atoms with van der Waals surface area (Å²) in [4.78, 5) is 5.28. The Balaban J connectivity index is 1.27. The molecule has 308 valence electrons. The highest BCUT2D eigenvalue weighted by Gasteiger charge is 2.47. The van der Waals surface area contributed by atoms with Gasteiger partial charge in [0.05, 0.1) is 11.1 Å². The second-order valence-corrected chi connectivity index (χ2v) is 22.8. The average Bonchev–Trinajstić information content (AvgIpc) is 3.59. The number of aryl methyl sites for hydroxylation is 1. The number of para-hydroxylation sites is 1. The predicted octanol–water partition coefficient (Wildman–Crippen LogP) is 14.0.